The van der Waals surface area contributed by atoms with E-state index in [1.807, 2.05) is 29.6 Å². The summed E-state index contributed by atoms with van der Waals surface area (Å²) in [6.45, 7) is 0. The Labute approximate surface area is 117 Å². The van der Waals surface area contributed by atoms with Crippen molar-refractivity contribution in [2.45, 2.75) is 0 Å². The maximum absolute atomic E-state index is 9.00. The molecule has 0 aliphatic rings. The van der Waals surface area contributed by atoms with E-state index in [1.165, 1.54) is 11.5 Å². The van der Waals surface area contributed by atoms with Crippen molar-refractivity contribution < 1.29 is 0 Å². The van der Waals surface area contributed by atoms with Gasteiger partial charge >= 0.3 is 0 Å². The molecular weight excluding hydrogens is 282 g/mol. The molecule has 0 unspecified atom stereocenters. The van der Waals surface area contributed by atoms with E-state index in [4.69, 9.17) is 16.9 Å². The van der Waals surface area contributed by atoms with Gasteiger partial charge in [0.25, 0.3) is 0 Å². The monoisotopic (exact) mass is 287 g/mol. The van der Waals surface area contributed by atoms with Gasteiger partial charge in [0.05, 0.1) is 5.69 Å². The molecular formula is C12H6ClN5S. The van der Waals surface area contributed by atoms with Crippen LogP contribution in [0.4, 0.5) is 0 Å². The van der Waals surface area contributed by atoms with Gasteiger partial charge in [-0.25, -0.2) is 0 Å². The molecule has 0 amide bonds. The Hall–Kier alpha value is -2.23. The molecule has 0 bridgehead atoms. The first kappa shape index (κ1) is 11.8. The van der Waals surface area contributed by atoms with E-state index in [0.717, 1.165) is 16.8 Å². The van der Waals surface area contributed by atoms with Gasteiger partial charge in [-0.3, -0.25) is 0 Å². The summed E-state index contributed by atoms with van der Waals surface area (Å²) in [5, 5.41) is 21.7. The predicted molar refractivity (Wildman–Crippen MR) is 72.7 cm³/mol. The fraction of sp³-hybridized carbons (Fsp3) is 0. The Morgan fingerprint density at radius 1 is 1.26 bits per heavy atom. The third-order valence-corrected chi connectivity index (χ3v) is 3.44. The second-order valence-electron chi connectivity index (χ2n) is 3.72. The maximum Gasteiger partial charge on any atom is 0.190 e. The third kappa shape index (κ3) is 2.10. The van der Waals surface area contributed by atoms with Crippen LogP contribution >= 0.6 is 23.1 Å². The summed E-state index contributed by atoms with van der Waals surface area (Å²) in [5.41, 5.74) is 3.17. The van der Waals surface area contributed by atoms with Gasteiger partial charge in [-0.15, -0.1) is 5.10 Å². The quantitative estimate of drug-likeness (QED) is 0.785. The number of nitrogens with one attached hydrogen (secondary N) is 1. The van der Waals surface area contributed by atoms with Gasteiger partial charge in [0.2, 0.25) is 0 Å². The average Bonchev–Trinajstić information content (AvgIpc) is 3.06. The Kier molecular flexibility index (Phi) is 2.99. The summed E-state index contributed by atoms with van der Waals surface area (Å²) < 4.78 is 4.35. The second kappa shape index (κ2) is 4.80. The minimum atomic E-state index is 0.253. The lowest BCUT2D eigenvalue weighted by atomic mass is 10.1. The van der Waals surface area contributed by atoms with E-state index in [-0.39, 0.29) is 5.69 Å². The van der Waals surface area contributed by atoms with Gasteiger partial charge in [0.15, 0.2) is 5.69 Å². The van der Waals surface area contributed by atoms with Crippen molar-refractivity contribution in [3.8, 4) is 28.6 Å². The molecule has 1 aromatic carbocycles. The topological polar surface area (TPSA) is 78.2 Å². The van der Waals surface area contributed by atoms with Crippen molar-refractivity contribution in [1.82, 2.24) is 19.8 Å². The summed E-state index contributed by atoms with van der Waals surface area (Å²) in [7, 11) is 0. The van der Waals surface area contributed by atoms with Crippen molar-refractivity contribution in [3.63, 3.8) is 0 Å². The van der Waals surface area contributed by atoms with Crippen LogP contribution in [-0.2, 0) is 0 Å². The first-order valence-electron chi connectivity index (χ1n) is 5.31. The Morgan fingerprint density at radius 3 is 2.95 bits per heavy atom. The molecule has 0 radical (unpaired) electrons. The highest BCUT2D eigenvalue weighted by molar-refractivity contribution is 7.04. The first-order valence-corrected chi connectivity index (χ1v) is 6.52. The van der Waals surface area contributed by atoms with Crippen molar-refractivity contribution in [2.24, 2.45) is 0 Å². The third-order valence-electron chi connectivity index (χ3n) is 2.58. The minimum absolute atomic E-state index is 0.253. The van der Waals surface area contributed by atoms with Crippen LogP contribution in [0.2, 0.25) is 5.02 Å². The van der Waals surface area contributed by atoms with Crippen molar-refractivity contribution >= 4 is 23.1 Å². The van der Waals surface area contributed by atoms with E-state index in [9.17, 15) is 0 Å². The number of benzene rings is 1. The SMILES string of the molecule is N#Cc1n[nH]nc1-c1csnc1-c1cccc(Cl)c1. The van der Waals surface area contributed by atoms with Gasteiger partial charge in [-0.1, -0.05) is 23.7 Å². The molecule has 92 valence electrons. The number of nitrogens with zero attached hydrogens (tertiary/aromatic N) is 4. The Bertz CT molecular complexity index is 770. The minimum Gasteiger partial charge on any atom is -0.196 e. The molecule has 0 fully saturated rings. The predicted octanol–water partition coefficient (Wildman–Crippen LogP) is 3.12. The van der Waals surface area contributed by atoms with Crippen LogP contribution in [0.25, 0.3) is 22.5 Å². The Balaban J connectivity index is 2.17. The van der Waals surface area contributed by atoms with E-state index < -0.39 is 0 Å². The number of aromatic nitrogens is 4. The molecule has 7 heteroatoms. The fourth-order valence-electron chi connectivity index (χ4n) is 1.75. The van der Waals surface area contributed by atoms with Gasteiger partial charge < -0.3 is 0 Å². The van der Waals surface area contributed by atoms with Crippen LogP contribution in [0, 0.1) is 11.3 Å². The molecule has 5 nitrogen and oxygen atoms in total. The molecule has 1 N–H and O–H groups in total. The Morgan fingerprint density at radius 2 is 2.16 bits per heavy atom. The number of rotatable bonds is 2. The molecule has 0 aliphatic carbocycles. The first-order chi connectivity index (χ1) is 9.29. The summed E-state index contributed by atoms with van der Waals surface area (Å²) in [6.07, 6.45) is 0. The van der Waals surface area contributed by atoms with Crippen LogP contribution < -0.4 is 0 Å². The van der Waals surface area contributed by atoms with Crippen LogP contribution in [-0.4, -0.2) is 19.8 Å². The molecule has 3 aromatic rings. The maximum atomic E-state index is 9.00. The normalized spacial score (nSPS) is 10.3. The average molecular weight is 288 g/mol. The summed E-state index contributed by atoms with van der Waals surface area (Å²) in [4.78, 5) is 0. The standard InChI is InChI=1S/C12H6ClN5S/c13-8-3-1-2-7(4-8)11-9(6-19-17-11)12-10(5-14)15-18-16-12/h1-4,6H,(H,15,16,18). The highest BCUT2D eigenvalue weighted by Gasteiger charge is 2.17. The number of halogens is 1. The lowest BCUT2D eigenvalue weighted by molar-refractivity contribution is 0.937. The highest BCUT2D eigenvalue weighted by atomic mass is 35.5. The number of hydrogen-bond donors (Lipinski definition) is 1. The van der Waals surface area contributed by atoms with E-state index in [0.29, 0.717) is 10.7 Å². The molecule has 0 spiro atoms. The summed E-state index contributed by atoms with van der Waals surface area (Å²) in [5.74, 6) is 0. The lowest BCUT2D eigenvalue weighted by Gasteiger charge is -2.00. The molecule has 2 heterocycles. The highest BCUT2D eigenvalue weighted by Crippen LogP contribution is 2.33. The largest absolute Gasteiger partial charge is 0.196 e. The lowest BCUT2D eigenvalue weighted by Crippen LogP contribution is -1.85. The summed E-state index contributed by atoms with van der Waals surface area (Å²) >= 11 is 7.29. The van der Waals surface area contributed by atoms with E-state index >= 15 is 0 Å². The van der Waals surface area contributed by atoms with Crippen molar-refractivity contribution in [3.05, 3.63) is 40.4 Å². The molecule has 3 rings (SSSR count). The van der Waals surface area contributed by atoms with E-state index in [1.54, 1.807) is 6.07 Å². The molecule has 0 atom stereocenters. The summed E-state index contributed by atoms with van der Waals surface area (Å²) in [6, 6.07) is 9.39. The molecule has 19 heavy (non-hydrogen) atoms. The molecule has 2 aromatic heterocycles. The zero-order valence-corrected chi connectivity index (χ0v) is 11.0. The zero-order chi connectivity index (χ0) is 13.2. The van der Waals surface area contributed by atoms with Gasteiger partial charge in [-0.05, 0) is 23.7 Å². The number of H-pyrrole nitrogens is 1. The van der Waals surface area contributed by atoms with Gasteiger partial charge in [-0.2, -0.15) is 19.9 Å². The van der Waals surface area contributed by atoms with Crippen molar-refractivity contribution in [1.29, 1.82) is 5.26 Å². The number of nitriles is 1. The molecule has 0 saturated heterocycles. The van der Waals surface area contributed by atoms with Crippen LogP contribution in [0.15, 0.2) is 29.6 Å². The number of hydrogen-bond acceptors (Lipinski definition) is 5. The second-order valence-corrected chi connectivity index (χ2v) is 4.79. The molecule has 0 saturated carbocycles. The van der Waals surface area contributed by atoms with Crippen LogP contribution in [0.3, 0.4) is 0 Å². The van der Waals surface area contributed by atoms with Crippen LogP contribution in [0.5, 0.6) is 0 Å². The molecule has 0 aliphatic heterocycles. The van der Waals surface area contributed by atoms with Gasteiger partial charge in [0, 0.05) is 21.5 Å². The number of aromatic amines is 1. The smallest absolute Gasteiger partial charge is 0.190 e. The van der Waals surface area contributed by atoms with E-state index in [2.05, 4.69) is 19.8 Å². The zero-order valence-electron chi connectivity index (χ0n) is 9.46. The van der Waals surface area contributed by atoms with Gasteiger partial charge in [0.1, 0.15) is 11.8 Å². The fourth-order valence-corrected chi connectivity index (χ4v) is 2.63. The van der Waals surface area contributed by atoms with Crippen LogP contribution in [0.1, 0.15) is 5.69 Å². The van der Waals surface area contributed by atoms with Crippen molar-refractivity contribution in [2.75, 3.05) is 0 Å².